The molecule has 156 valence electrons. The maximum atomic E-state index is 12.4. The zero-order chi connectivity index (χ0) is 21.2. The van der Waals surface area contributed by atoms with Crippen LogP contribution in [-0.4, -0.2) is 29.0 Å². The Morgan fingerprint density at radius 1 is 0.933 bits per heavy atom. The Labute approximate surface area is 178 Å². The second-order valence-corrected chi connectivity index (χ2v) is 7.22. The SMILES string of the molecule is Cc1nc(Nc2cccc(C(=O)NCCCCCCN)c2)cc(-c2ccccc2)n1. The number of aromatic nitrogens is 2. The van der Waals surface area contributed by atoms with Crippen molar-refractivity contribution in [1.82, 2.24) is 15.3 Å². The minimum Gasteiger partial charge on any atom is -0.352 e. The minimum atomic E-state index is -0.0682. The van der Waals surface area contributed by atoms with Gasteiger partial charge in [-0.1, -0.05) is 49.2 Å². The number of nitrogens with two attached hydrogens (primary N) is 1. The zero-order valence-corrected chi connectivity index (χ0v) is 17.4. The van der Waals surface area contributed by atoms with E-state index in [1.807, 2.05) is 67.6 Å². The molecule has 0 aliphatic heterocycles. The number of carbonyl (C=O) groups is 1. The van der Waals surface area contributed by atoms with Crippen molar-refractivity contribution in [1.29, 1.82) is 0 Å². The number of hydrogen-bond acceptors (Lipinski definition) is 5. The van der Waals surface area contributed by atoms with Gasteiger partial charge in [0.1, 0.15) is 11.6 Å². The highest BCUT2D eigenvalue weighted by molar-refractivity contribution is 5.95. The third-order valence-corrected chi connectivity index (χ3v) is 4.72. The molecule has 1 aromatic heterocycles. The summed E-state index contributed by atoms with van der Waals surface area (Å²) >= 11 is 0. The van der Waals surface area contributed by atoms with Crippen LogP contribution in [0.5, 0.6) is 0 Å². The Hall–Kier alpha value is -3.25. The smallest absolute Gasteiger partial charge is 0.251 e. The van der Waals surface area contributed by atoms with Crippen LogP contribution in [0.4, 0.5) is 11.5 Å². The van der Waals surface area contributed by atoms with Crippen LogP contribution < -0.4 is 16.4 Å². The van der Waals surface area contributed by atoms with Crippen LogP contribution in [-0.2, 0) is 0 Å². The molecule has 0 aliphatic rings. The van der Waals surface area contributed by atoms with Gasteiger partial charge in [-0.15, -0.1) is 0 Å². The molecule has 0 aliphatic carbocycles. The Balaban J connectivity index is 1.64. The van der Waals surface area contributed by atoms with Crippen LogP contribution in [0.3, 0.4) is 0 Å². The topological polar surface area (TPSA) is 92.9 Å². The molecule has 0 radical (unpaired) electrons. The van der Waals surface area contributed by atoms with Crippen molar-refractivity contribution >= 4 is 17.4 Å². The number of nitrogens with zero attached hydrogens (tertiary/aromatic N) is 2. The van der Waals surface area contributed by atoms with Gasteiger partial charge in [0.2, 0.25) is 0 Å². The number of anilines is 2. The van der Waals surface area contributed by atoms with E-state index in [4.69, 9.17) is 5.73 Å². The van der Waals surface area contributed by atoms with Gasteiger partial charge >= 0.3 is 0 Å². The first kappa shape index (κ1) is 21.5. The summed E-state index contributed by atoms with van der Waals surface area (Å²) in [5.41, 5.74) is 8.82. The molecule has 3 aromatic rings. The molecule has 0 unspecified atom stereocenters. The Morgan fingerprint density at radius 2 is 1.73 bits per heavy atom. The lowest BCUT2D eigenvalue weighted by molar-refractivity contribution is 0.0953. The van der Waals surface area contributed by atoms with Gasteiger partial charge in [0, 0.05) is 29.4 Å². The summed E-state index contributed by atoms with van der Waals surface area (Å²) in [5, 5.41) is 6.28. The van der Waals surface area contributed by atoms with Crippen LogP contribution >= 0.6 is 0 Å². The van der Waals surface area contributed by atoms with Gasteiger partial charge in [-0.05, 0) is 44.5 Å². The Bertz CT molecular complexity index is 959. The molecule has 30 heavy (non-hydrogen) atoms. The van der Waals surface area contributed by atoms with Crippen molar-refractivity contribution < 1.29 is 4.79 Å². The number of benzene rings is 2. The molecule has 1 amide bonds. The fourth-order valence-electron chi connectivity index (χ4n) is 3.20. The number of carbonyl (C=O) groups excluding carboxylic acids is 1. The predicted molar refractivity (Wildman–Crippen MR) is 122 cm³/mol. The second-order valence-electron chi connectivity index (χ2n) is 7.22. The standard InChI is InChI=1S/C24H29N5O/c1-18-27-22(19-10-5-4-6-11-19)17-23(28-18)29-21-13-9-12-20(16-21)24(30)26-15-8-3-2-7-14-25/h4-6,9-13,16-17H,2-3,7-8,14-15,25H2,1H3,(H,26,30)(H,27,28,29). The molecule has 4 N–H and O–H groups in total. The minimum absolute atomic E-state index is 0.0682. The molecule has 3 rings (SSSR count). The monoisotopic (exact) mass is 403 g/mol. The van der Waals surface area contributed by atoms with Crippen molar-refractivity contribution in [3.8, 4) is 11.3 Å². The molecular formula is C24H29N5O. The Morgan fingerprint density at radius 3 is 2.53 bits per heavy atom. The molecule has 0 saturated carbocycles. The largest absolute Gasteiger partial charge is 0.352 e. The van der Waals surface area contributed by atoms with Gasteiger partial charge in [0.05, 0.1) is 5.69 Å². The summed E-state index contributed by atoms with van der Waals surface area (Å²) < 4.78 is 0. The summed E-state index contributed by atoms with van der Waals surface area (Å²) in [5.74, 6) is 1.31. The number of amides is 1. The zero-order valence-electron chi connectivity index (χ0n) is 17.4. The van der Waals surface area contributed by atoms with Crippen molar-refractivity contribution in [3.05, 3.63) is 72.1 Å². The molecule has 0 spiro atoms. The van der Waals surface area contributed by atoms with Crippen LogP contribution in [0.25, 0.3) is 11.3 Å². The lowest BCUT2D eigenvalue weighted by Crippen LogP contribution is -2.24. The third kappa shape index (κ3) is 6.39. The van der Waals surface area contributed by atoms with Crippen LogP contribution in [0.2, 0.25) is 0 Å². The maximum Gasteiger partial charge on any atom is 0.251 e. The molecule has 1 heterocycles. The average Bonchev–Trinajstić information content (AvgIpc) is 2.76. The number of hydrogen-bond donors (Lipinski definition) is 3. The molecule has 6 heteroatoms. The number of unbranched alkanes of at least 4 members (excludes halogenated alkanes) is 3. The van der Waals surface area contributed by atoms with Gasteiger partial charge in [-0.3, -0.25) is 4.79 Å². The van der Waals surface area contributed by atoms with Crippen LogP contribution in [0.1, 0.15) is 41.9 Å². The molecule has 0 bridgehead atoms. The fourth-order valence-corrected chi connectivity index (χ4v) is 3.20. The van der Waals surface area contributed by atoms with Crippen LogP contribution in [0.15, 0.2) is 60.7 Å². The van der Waals surface area contributed by atoms with E-state index in [0.717, 1.165) is 49.2 Å². The fraction of sp³-hybridized carbons (Fsp3) is 0.292. The summed E-state index contributed by atoms with van der Waals surface area (Å²) in [7, 11) is 0. The summed E-state index contributed by atoms with van der Waals surface area (Å²) in [4.78, 5) is 21.5. The van der Waals surface area contributed by atoms with E-state index in [9.17, 15) is 4.79 Å². The van der Waals surface area contributed by atoms with Crippen molar-refractivity contribution in [2.45, 2.75) is 32.6 Å². The lowest BCUT2D eigenvalue weighted by atomic mass is 10.1. The van der Waals surface area contributed by atoms with Gasteiger partial charge in [-0.2, -0.15) is 0 Å². The van der Waals surface area contributed by atoms with E-state index in [-0.39, 0.29) is 5.91 Å². The summed E-state index contributed by atoms with van der Waals surface area (Å²) in [6.45, 7) is 3.27. The number of rotatable bonds is 10. The van der Waals surface area contributed by atoms with Gasteiger partial charge in [0.25, 0.3) is 5.91 Å². The first-order valence-corrected chi connectivity index (χ1v) is 10.4. The van der Waals surface area contributed by atoms with E-state index >= 15 is 0 Å². The highest BCUT2D eigenvalue weighted by Crippen LogP contribution is 2.22. The van der Waals surface area contributed by atoms with E-state index in [0.29, 0.717) is 23.8 Å². The van der Waals surface area contributed by atoms with E-state index in [1.165, 1.54) is 0 Å². The Kier molecular flexibility index (Phi) is 7.92. The molecule has 0 saturated heterocycles. The molecule has 0 atom stereocenters. The van der Waals surface area contributed by atoms with Crippen molar-refractivity contribution in [2.24, 2.45) is 5.73 Å². The molecule has 0 fully saturated rings. The number of aryl methyl sites for hydroxylation is 1. The predicted octanol–water partition coefficient (Wildman–Crippen LogP) is 4.44. The average molecular weight is 404 g/mol. The maximum absolute atomic E-state index is 12.4. The summed E-state index contributed by atoms with van der Waals surface area (Å²) in [6, 6.07) is 19.3. The second kappa shape index (κ2) is 11.1. The first-order chi connectivity index (χ1) is 14.7. The van der Waals surface area contributed by atoms with Gasteiger partial charge in [-0.25, -0.2) is 9.97 Å². The summed E-state index contributed by atoms with van der Waals surface area (Å²) in [6.07, 6.45) is 4.19. The van der Waals surface area contributed by atoms with E-state index in [1.54, 1.807) is 0 Å². The number of nitrogens with one attached hydrogen (secondary N) is 2. The molecular weight excluding hydrogens is 374 g/mol. The van der Waals surface area contributed by atoms with Gasteiger partial charge < -0.3 is 16.4 Å². The quantitative estimate of drug-likeness (QED) is 0.435. The first-order valence-electron chi connectivity index (χ1n) is 10.4. The highest BCUT2D eigenvalue weighted by atomic mass is 16.1. The van der Waals surface area contributed by atoms with E-state index < -0.39 is 0 Å². The normalized spacial score (nSPS) is 10.6. The van der Waals surface area contributed by atoms with Crippen molar-refractivity contribution in [3.63, 3.8) is 0 Å². The molecule has 6 nitrogen and oxygen atoms in total. The van der Waals surface area contributed by atoms with Crippen molar-refractivity contribution in [2.75, 3.05) is 18.4 Å². The van der Waals surface area contributed by atoms with Gasteiger partial charge in [0.15, 0.2) is 0 Å². The third-order valence-electron chi connectivity index (χ3n) is 4.72. The van der Waals surface area contributed by atoms with Crippen LogP contribution in [0, 0.1) is 6.92 Å². The molecule has 2 aromatic carbocycles. The van der Waals surface area contributed by atoms with E-state index in [2.05, 4.69) is 20.6 Å². The highest BCUT2D eigenvalue weighted by Gasteiger charge is 2.08. The lowest BCUT2D eigenvalue weighted by Gasteiger charge is -2.10.